The molecule has 3 aromatic rings. The standard InChI is InChI=1S/C14H12ClN3OS2/c1-8-6-9(13(16)21-8)14-17-12(18-19-14)7-20-11-5-3-2-4-10(11)15/h2-6H,7,16H2,1H3. The van der Waals surface area contributed by atoms with Gasteiger partial charge in [0.25, 0.3) is 5.89 Å². The molecule has 0 radical (unpaired) electrons. The lowest BCUT2D eigenvalue weighted by molar-refractivity contribution is 0.425. The number of aryl methyl sites for hydroxylation is 1. The maximum atomic E-state index is 6.11. The van der Waals surface area contributed by atoms with E-state index in [0.29, 0.717) is 22.5 Å². The Morgan fingerprint density at radius 1 is 1.38 bits per heavy atom. The third kappa shape index (κ3) is 3.23. The van der Waals surface area contributed by atoms with E-state index in [0.717, 1.165) is 20.4 Å². The van der Waals surface area contributed by atoms with E-state index in [2.05, 4.69) is 10.1 Å². The van der Waals surface area contributed by atoms with Crippen LogP contribution in [0.5, 0.6) is 0 Å². The summed E-state index contributed by atoms with van der Waals surface area (Å²) < 4.78 is 5.28. The molecule has 0 aliphatic rings. The molecule has 0 aliphatic heterocycles. The minimum Gasteiger partial charge on any atom is -0.390 e. The third-order valence-electron chi connectivity index (χ3n) is 2.78. The van der Waals surface area contributed by atoms with E-state index in [1.54, 1.807) is 11.8 Å². The van der Waals surface area contributed by atoms with E-state index in [4.69, 9.17) is 21.9 Å². The van der Waals surface area contributed by atoms with Crippen molar-refractivity contribution in [3.05, 3.63) is 46.1 Å². The van der Waals surface area contributed by atoms with Gasteiger partial charge in [-0.2, -0.15) is 4.98 Å². The Balaban J connectivity index is 1.74. The fourth-order valence-electron chi connectivity index (χ4n) is 1.83. The van der Waals surface area contributed by atoms with Gasteiger partial charge in [-0.05, 0) is 25.1 Å². The van der Waals surface area contributed by atoms with Gasteiger partial charge in [0.15, 0.2) is 5.82 Å². The van der Waals surface area contributed by atoms with Gasteiger partial charge in [-0.3, -0.25) is 0 Å². The maximum absolute atomic E-state index is 6.11. The predicted molar refractivity (Wildman–Crippen MR) is 87.8 cm³/mol. The van der Waals surface area contributed by atoms with Crippen molar-refractivity contribution in [3.63, 3.8) is 0 Å². The molecule has 0 saturated heterocycles. The zero-order valence-electron chi connectivity index (χ0n) is 11.2. The summed E-state index contributed by atoms with van der Waals surface area (Å²) in [5, 5.41) is 5.41. The molecule has 2 aromatic heterocycles. The molecule has 4 nitrogen and oxygen atoms in total. The quantitative estimate of drug-likeness (QED) is 0.703. The average Bonchev–Trinajstić information content (AvgIpc) is 3.04. The largest absolute Gasteiger partial charge is 0.390 e. The van der Waals surface area contributed by atoms with Crippen LogP contribution in [-0.4, -0.2) is 10.1 Å². The van der Waals surface area contributed by atoms with Gasteiger partial charge in [0.05, 0.1) is 21.3 Å². The minimum absolute atomic E-state index is 0.464. The van der Waals surface area contributed by atoms with E-state index >= 15 is 0 Å². The minimum atomic E-state index is 0.464. The third-order valence-corrected chi connectivity index (χ3v) is 5.17. The summed E-state index contributed by atoms with van der Waals surface area (Å²) in [5.41, 5.74) is 6.74. The summed E-state index contributed by atoms with van der Waals surface area (Å²) in [4.78, 5) is 6.50. The maximum Gasteiger partial charge on any atom is 0.260 e. The molecule has 2 N–H and O–H groups in total. The summed E-state index contributed by atoms with van der Waals surface area (Å²) in [6.45, 7) is 2.00. The molecular formula is C14H12ClN3OS2. The number of nitrogens with zero attached hydrogens (tertiary/aromatic N) is 2. The van der Waals surface area contributed by atoms with Crippen molar-refractivity contribution < 1.29 is 4.52 Å². The molecule has 0 atom stereocenters. The normalized spacial score (nSPS) is 11.0. The molecule has 1 aromatic carbocycles. The Morgan fingerprint density at radius 2 is 2.19 bits per heavy atom. The van der Waals surface area contributed by atoms with Crippen LogP contribution in [0.25, 0.3) is 11.5 Å². The van der Waals surface area contributed by atoms with Crippen molar-refractivity contribution in [1.82, 2.24) is 10.1 Å². The van der Waals surface area contributed by atoms with Gasteiger partial charge >= 0.3 is 0 Å². The first-order valence-electron chi connectivity index (χ1n) is 6.19. The lowest BCUT2D eigenvalue weighted by atomic mass is 10.3. The summed E-state index contributed by atoms with van der Waals surface area (Å²) in [5.74, 6) is 1.68. The number of halogens is 1. The summed E-state index contributed by atoms with van der Waals surface area (Å²) in [6.07, 6.45) is 0. The van der Waals surface area contributed by atoms with Crippen LogP contribution in [0.3, 0.4) is 0 Å². The van der Waals surface area contributed by atoms with E-state index in [-0.39, 0.29) is 0 Å². The van der Waals surface area contributed by atoms with Crippen LogP contribution >= 0.6 is 34.7 Å². The zero-order valence-corrected chi connectivity index (χ0v) is 13.6. The monoisotopic (exact) mass is 337 g/mol. The number of rotatable bonds is 4. The van der Waals surface area contributed by atoms with Crippen molar-refractivity contribution in [2.24, 2.45) is 0 Å². The number of aromatic nitrogens is 2. The Morgan fingerprint density at radius 3 is 2.90 bits per heavy atom. The number of nitrogen functional groups attached to an aromatic ring is 1. The first-order valence-corrected chi connectivity index (χ1v) is 8.37. The second-order valence-electron chi connectivity index (χ2n) is 4.37. The Labute approximate surface area is 135 Å². The van der Waals surface area contributed by atoms with Gasteiger partial charge in [0, 0.05) is 9.77 Å². The zero-order chi connectivity index (χ0) is 14.8. The van der Waals surface area contributed by atoms with Crippen molar-refractivity contribution in [2.75, 3.05) is 5.73 Å². The lowest BCUT2D eigenvalue weighted by Crippen LogP contribution is -1.86. The van der Waals surface area contributed by atoms with Gasteiger partial charge in [0.1, 0.15) is 0 Å². The SMILES string of the molecule is Cc1cc(-c2nc(CSc3ccccc3Cl)no2)c(N)s1. The second kappa shape index (κ2) is 6.09. The number of hydrogen-bond donors (Lipinski definition) is 1. The Hall–Kier alpha value is -1.50. The molecule has 0 fully saturated rings. The Bertz CT molecular complexity index is 769. The number of thiophene rings is 1. The van der Waals surface area contributed by atoms with Crippen LogP contribution in [0.1, 0.15) is 10.7 Å². The topological polar surface area (TPSA) is 64.9 Å². The van der Waals surface area contributed by atoms with Crippen LogP contribution in [-0.2, 0) is 5.75 Å². The molecule has 21 heavy (non-hydrogen) atoms. The van der Waals surface area contributed by atoms with Gasteiger partial charge in [-0.15, -0.1) is 23.1 Å². The molecule has 0 unspecified atom stereocenters. The molecule has 2 heterocycles. The number of hydrogen-bond acceptors (Lipinski definition) is 6. The molecule has 0 spiro atoms. The van der Waals surface area contributed by atoms with Crippen LogP contribution in [0.4, 0.5) is 5.00 Å². The molecule has 108 valence electrons. The summed E-state index contributed by atoms with van der Waals surface area (Å²) in [6, 6.07) is 9.64. The van der Waals surface area contributed by atoms with Gasteiger partial charge < -0.3 is 10.3 Å². The smallest absolute Gasteiger partial charge is 0.260 e. The highest BCUT2D eigenvalue weighted by Crippen LogP contribution is 2.33. The average molecular weight is 338 g/mol. The second-order valence-corrected chi connectivity index (χ2v) is 7.08. The van der Waals surface area contributed by atoms with Crippen molar-refractivity contribution in [2.45, 2.75) is 17.6 Å². The fraction of sp³-hybridized carbons (Fsp3) is 0.143. The molecule has 0 saturated carbocycles. The van der Waals surface area contributed by atoms with Crippen molar-refractivity contribution >= 4 is 39.7 Å². The number of nitrogens with two attached hydrogens (primary N) is 1. The van der Waals surface area contributed by atoms with E-state index in [1.165, 1.54) is 11.3 Å². The van der Waals surface area contributed by atoms with Gasteiger partial charge in [-0.1, -0.05) is 28.9 Å². The van der Waals surface area contributed by atoms with Crippen LogP contribution in [0.2, 0.25) is 5.02 Å². The predicted octanol–water partition coefficient (Wildman–Crippen LogP) is 4.63. The Kier molecular flexibility index (Phi) is 4.19. The first kappa shape index (κ1) is 14.4. The summed E-state index contributed by atoms with van der Waals surface area (Å²) >= 11 is 9.20. The lowest BCUT2D eigenvalue weighted by Gasteiger charge is -2.00. The molecular weight excluding hydrogens is 326 g/mol. The molecule has 3 rings (SSSR count). The van der Waals surface area contributed by atoms with Crippen LogP contribution in [0.15, 0.2) is 39.8 Å². The van der Waals surface area contributed by atoms with E-state index < -0.39 is 0 Å². The van der Waals surface area contributed by atoms with E-state index in [1.807, 2.05) is 37.3 Å². The van der Waals surface area contributed by atoms with E-state index in [9.17, 15) is 0 Å². The molecule has 0 amide bonds. The number of benzene rings is 1. The summed E-state index contributed by atoms with van der Waals surface area (Å²) in [7, 11) is 0. The first-order chi connectivity index (χ1) is 10.1. The van der Waals surface area contributed by atoms with Crippen LogP contribution < -0.4 is 5.73 Å². The molecule has 7 heteroatoms. The van der Waals surface area contributed by atoms with Gasteiger partial charge in [-0.25, -0.2) is 0 Å². The van der Waals surface area contributed by atoms with Crippen molar-refractivity contribution in [3.8, 4) is 11.5 Å². The van der Waals surface area contributed by atoms with Crippen LogP contribution in [0, 0.1) is 6.92 Å². The number of thioether (sulfide) groups is 1. The molecule has 0 bridgehead atoms. The highest BCUT2D eigenvalue weighted by atomic mass is 35.5. The highest BCUT2D eigenvalue weighted by Gasteiger charge is 2.14. The number of anilines is 1. The van der Waals surface area contributed by atoms with Crippen molar-refractivity contribution in [1.29, 1.82) is 0 Å². The fourth-order valence-corrected chi connectivity index (χ4v) is 3.69. The highest BCUT2D eigenvalue weighted by molar-refractivity contribution is 7.98. The van der Waals surface area contributed by atoms with Gasteiger partial charge in [0.2, 0.25) is 0 Å². The molecule has 0 aliphatic carbocycles.